The van der Waals surface area contributed by atoms with Gasteiger partial charge in [0.2, 0.25) is 0 Å². The largest absolute Gasteiger partial charge is 0.481 e. The number of benzene rings is 2. The highest BCUT2D eigenvalue weighted by Crippen LogP contribution is 2.18. The van der Waals surface area contributed by atoms with Crippen molar-refractivity contribution in [2.75, 3.05) is 0 Å². The van der Waals surface area contributed by atoms with Crippen LogP contribution in [0.1, 0.15) is 17.3 Å². The molecule has 0 unspecified atom stereocenters. The lowest BCUT2D eigenvalue weighted by Gasteiger charge is -2.15. The molecule has 0 radical (unpaired) electrons. The normalized spacial score (nSPS) is 11.8. The highest BCUT2D eigenvalue weighted by Gasteiger charge is 2.16. The maximum absolute atomic E-state index is 12.1. The molecule has 1 aromatic heterocycles. The van der Waals surface area contributed by atoms with Crippen LogP contribution in [0.5, 0.6) is 5.75 Å². The molecule has 2 aromatic carbocycles. The number of nitrogens with one attached hydrogen (secondary N) is 3. The Balaban J connectivity index is 1.56. The number of aromatic amines is 1. The van der Waals surface area contributed by atoms with E-state index in [0.29, 0.717) is 11.3 Å². The molecule has 3 N–H and O–H groups in total. The first kappa shape index (κ1) is 17.0. The van der Waals surface area contributed by atoms with Crippen LogP contribution in [0.25, 0.3) is 11.0 Å². The zero-order valence-electron chi connectivity index (χ0n) is 13.2. The van der Waals surface area contributed by atoms with E-state index in [2.05, 4.69) is 36.7 Å². The number of carbonyl (C=O) groups is 2. The van der Waals surface area contributed by atoms with Gasteiger partial charge in [0.25, 0.3) is 11.8 Å². The fourth-order valence-electron chi connectivity index (χ4n) is 2.17. The number of amides is 2. The zero-order chi connectivity index (χ0) is 17.8. The van der Waals surface area contributed by atoms with Crippen molar-refractivity contribution >= 4 is 38.8 Å². The summed E-state index contributed by atoms with van der Waals surface area (Å²) in [6.45, 7) is 1.60. The number of hydrogen-bond donors (Lipinski definition) is 3. The van der Waals surface area contributed by atoms with Gasteiger partial charge in [0.05, 0.1) is 17.4 Å². The second-order valence-corrected chi connectivity index (χ2v) is 6.21. The average molecular weight is 403 g/mol. The van der Waals surface area contributed by atoms with Crippen molar-refractivity contribution in [3.05, 3.63) is 58.8 Å². The summed E-state index contributed by atoms with van der Waals surface area (Å²) >= 11 is 3.33. The molecule has 1 heterocycles. The van der Waals surface area contributed by atoms with Crippen molar-refractivity contribution < 1.29 is 14.3 Å². The molecule has 3 aromatic rings. The van der Waals surface area contributed by atoms with Crippen molar-refractivity contribution in [2.24, 2.45) is 0 Å². The van der Waals surface area contributed by atoms with Gasteiger partial charge in [-0.2, -0.15) is 0 Å². The monoisotopic (exact) mass is 402 g/mol. The van der Waals surface area contributed by atoms with Crippen molar-refractivity contribution in [3.8, 4) is 5.75 Å². The topological polar surface area (TPSA) is 96.1 Å². The Labute approximate surface area is 151 Å². The van der Waals surface area contributed by atoms with Crippen molar-refractivity contribution in [2.45, 2.75) is 13.0 Å². The maximum atomic E-state index is 12.1. The summed E-state index contributed by atoms with van der Waals surface area (Å²) in [7, 11) is 0. The third kappa shape index (κ3) is 4.16. The molecule has 3 rings (SSSR count). The summed E-state index contributed by atoms with van der Waals surface area (Å²) in [6.07, 6.45) is 0.777. The first-order valence-corrected chi connectivity index (χ1v) is 8.28. The van der Waals surface area contributed by atoms with Gasteiger partial charge in [-0.3, -0.25) is 20.4 Å². The molecule has 1 atom stereocenters. The molecular formula is C17H15BrN4O3. The summed E-state index contributed by atoms with van der Waals surface area (Å²) in [6, 6.07) is 12.2. The van der Waals surface area contributed by atoms with Crippen LogP contribution < -0.4 is 15.6 Å². The molecule has 0 aliphatic heterocycles. The molecule has 0 fully saturated rings. The Morgan fingerprint density at radius 1 is 1.20 bits per heavy atom. The zero-order valence-corrected chi connectivity index (χ0v) is 14.8. The van der Waals surface area contributed by atoms with E-state index >= 15 is 0 Å². The van der Waals surface area contributed by atoms with Crippen molar-refractivity contribution in [1.82, 2.24) is 20.8 Å². The van der Waals surface area contributed by atoms with Crippen molar-refractivity contribution in [3.63, 3.8) is 0 Å². The molecule has 0 aliphatic rings. The van der Waals surface area contributed by atoms with E-state index in [1.807, 2.05) is 6.07 Å². The van der Waals surface area contributed by atoms with Crippen LogP contribution in [0.3, 0.4) is 0 Å². The lowest BCUT2D eigenvalue weighted by molar-refractivity contribution is -0.128. The Kier molecular flexibility index (Phi) is 4.99. The highest BCUT2D eigenvalue weighted by molar-refractivity contribution is 9.10. The van der Waals surface area contributed by atoms with Gasteiger partial charge in [-0.15, -0.1) is 0 Å². The number of carbonyl (C=O) groups excluding carboxylic acids is 2. The van der Waals surface area contributed by atoms with Gasteiger partial charge in [0, 0.05) is 10.0 Å². The van der Waals surface area contributed by atoms with Gasteiger partial charge >= 0.3 is 0 Å². The SMILES string of the molecule is C[C@@H](Oc1cccc(Br)c1)C(=O)NNC(=O)c1ccc2nc[nH]c2c1. The fourth-order valence-corrected chi connectivity index (χ4v) is 2.55. The van der Waals surface area contributed by atoms with Gasteiger partial charge < -0.3 is 9.72 Å². The van der Waals surface area contributed by atoms with Gasteiger partial charge in [-0.25, -0.2) is 4.98 Å². The van der Waals surface area contributed by atoms with Gasteiger partial charge in [0.1, 0.15) is 5.75 Å². The number of halogens is 1. The van der Waals surface area contributed by atoms with Crippen molar-refractivity contribution in [1.29, 1.82) is 0 Å². The first-order valence-electron chi connectivity index (χ1n) is 7.48. The minimum atomic E-state index is -0.773. The van der Waals surface area contributed by atoms with Crippen LogP contribution in [0.4, 0.5) is 0 Å². The van der Waals surface area contributed by atoms with Crippen LogP contribution in [0, 0.1) is 0 Å². The fraction of sp³-hybridized carbons (Fsp3) is 0.118. The van der Waals surface area contributed by atoms with Crippen LogP contribution in [0.2, 0.25) is 0 Å². The molecule has 8 heteroatoms. The van der Waals surface area contributed by atoms with E-state index in [1.165, 1.54) is 0 Å². The van der Waals surface area contributed by atoms with Crippen LogP contribution in [0.15, 0.2) is 53.3 Å². The van der Waals surface area contributed by atoms with E-state index < -0.39 is 17.9 Å². The van der Waals surface area contributed by atoms with Crippen LogP contribution >= 0.6 is 15.9 Å². The highest BCUT2D eigenvalue weighted by atomic mass is 79.9. The first-order chi connectivity index (χ1) is 12.0. The van der Waals surface area contributed by atoms with Gasteiger partial charge in [-0.1, -0.05) is 22.0 Å². The Morgan fingerprint density at radius 3 is 2.84 bits per heavy atom. The van der Waals surface area contributed by atoms with E-state index in [4.69, 9.17) is 4.74 Å². The predicted molar refractivity (Wildman–Crippen MR) is 95.9 cm³/mol. The van der Waals surface area contributed by atoms with Crippen LogP contribution in [-0.4, -0.2) is 27.9 Å². The molecule has 7 nitrogen and oxygen atoms in total. The number of hydrogen-bond acceptors (Lipinski definition) is 4. The predicted octanol–water partition coefficient (Wildman–Crippen LogP) is 2.55. The third-order valence-electron chi connectivity index (χ3n) is 3.46. The minimum Gasteiger partial charge on any atom is -0.481 e. The maximum Gasteiger partial charge on any atom is 0.279 e. The summed E-state index contributed by atoms with van der Waals surface area (Å²) in [5, 5.41) is 0. The molecular weight excluding hydrogens is 388 g/mol. The lowest BCUT2D eigenvalue weighted by Crippen LogP contribution is -2.47. The summed E-state index contributed by atoms with van der Waals surface area (Å²) < 4.78 is 6.38. The average Bonchev–Trinajstić information content (AvgIpc) is 3.07. The molecule has 2 amide bonds. The Morgan fingerprint density at radius 2 is 2.04 bits per heavy atom. The molecule has 0 saturated carbocycles. The summed E-state index contributed by atoms with van der Waals surface area (Å²) in [4.78, 5) is 31.2. The second kappa shape index (κ2) is 7.35. The second-order valence-electron chi connectivity index (χ2n) is 5.30. The number of nitrogens with zero attached hydrogens (tertiary/aromatic N) is 1. The lowest BCUT2D eigenvalue weighted by atomic mass is 10.2. The Hall–Kier alpha value is -2.87. The molecule has 0 saturated heterocycles. The number of aromatic nitrogens is 2. The number of ether oxygens (including phenoxy) is 1. The standard InChI is InChI=1S/C17H15BrN4O3/c1-10(25-13-4-2-3-12(18)8-13)16(23)21-22-17(24)11-5-6-14-15(7-11)20-9-19-14/h2-10H,1H3,(H,19,20)(H,21,23)(H,22,24)/t10-/m1/s1. The van der Waals surface area contributed by atoms with E-state index in [9.17, 15) is 9.59 Å². The molecule has 0 bridgehead atoms. The molecule has 128 valence electrons. The quantitative estimate of drug-likeness (QED) is 0.584. The number of rotatable bonds is 4. The van der Waals surface area contributed by atoms with Crippen LogP contribution in [-0.2, 0) is 4.79 Å². The smallest absolute Gasteiger partial charge is 0.279 e. The molecule has 25 heavy (non-hydrogen) atoms. The number of imidazole rings is 1. The molecule has 0 spiro atoms. The third-order valence-corrected chi connectivity index (χ3v) is 3.95. The minimum absolute atomic E-state index is 0.401. The number of fused-ring (bicyclic) bond motifs is 1. The number of hydrazine groups is 1. The number of H-pyrrole nitrogens is 1. The van der Waals surface area contributed by atoms with Gasteiger partial charge in [-0.05, 0) is 43.3 Å². The summed E-state index contributed by atoms with van der Waals surface area (Å²) in [5.41, 5.74) is 6.63. The Bertz CT molecular complexity index is 925. The molecule has 0 aliphatic carbocycles. The summed E-state index contributed by atoms with van der Waals surface area (Å²) in [5.74, 6) is -0.344. The van der Waals surface area contributed by atoms with E-state index in [1.54, 1.807) is 49.6 Å². The van der Waals surface area contributed by atoms with Gasteiger partial charge in [0.15, 0.2) is 6.10 Å². The van der Waals surface area contributed by atoms with E-state index in [-0.39, 0.29) is 0 Å². The van der Waals surface area contributed by atoms with E-state index in [0.717, 1.165) is 15.5 Å².